The molecule has 40 heavy (non-hydrogen) atoms. The summed E-state index contributed by atoms with van der Waals surface area (Å²) in [7, 11) is 1.30. The predicted molar refractivity (Wildman–Crippen MR) is 154 cm³/mol. The number of carbonyl (C=O) groups is 2. The summed E-state index contributed by atoms with van der Waals surface area (Å²) in [6, 6.07) is 17.3. The van der Waals surface area contributed by atoms with Crippen LogP contribution in [-0.4, -0.2) is 47.4 Å². The fraction of sp³-hybridized carbons (Fsp3) is 0.310. The van der Waals surface area contributed by atoms with Gasteiger partial charge >= 0.3 is 5.69 Å². The van der Waals surface area contributed by atoms with E-state index in [1.165, 1.54) is 30.2 Å². The van der Waals surface area contributed by atoms with Crippen molar-refractivity contribution in [3.8, 4) is 11.5 Å². The van der Waals surface area contributed by atoms with Gasteiger partial charge in [0.15, 0.2) is 6.61 Å². The van der Waals surface area contributed by atoms with Crippen LogP contribution < -0.4 is 14.8 Å². The number of halogens is 2. The first-order chi connectivity index (χ1) is 19.1. The number of benzene rings is 3. The fourth-order valence-corrected chi connectivity index (χ4v) is 4.42. The van der Waals surface area contributed by atoms with Gasteiger partial charge in [0, 0.05) is 41.2 Å². The number of nitrogens with one attached hydrogen (secondary N) is 1. The quantitative estimate of drug-likeness (QED) is 0.198. The standard InChI is InChI=1S/C29H31Cl2N3O6/c1-4-19(2)32-29(36)26(14-20-8-6-5-7-9-20)33(17-21-10-11-22(30)15-24(21)31)28(35)18-40-23-12-13-25(34(37)38)27(16-23)39-3/h5-13,15-16,19,26H,4,14,17-18H2,1-3H3,(H,32,36)/t19-,26-/m1/s1. The molecule has 0 aliphatic rings. The summed E-state index contributed by atoms with van der Waals surface area (Å²) in [5, 5.41) is 15.0. The first-order valence-corrected chi connectivity index (χ1v) is 13.4. The summed E-state index contributed by atoms with van der Waals surface area (Å²) in [6.45, 7) is 3.44. The van der Waals surface area contributed by atoms with Crippen LogP contribution in [-0.2, 0) is 22.6 Å². The van der Waals surface area contributed by atoms with Crippen molar-refractivity contribution in [2.45, 2.75) is 45.3 Å². The topological polar surface area (TPSA) is 111 Å². The van der Waals surface area contributed by atoms with Crippen LogP contribution in [0.4, 0.5) is 5.69 Å². The number of ether oxygens (including phenoxy) is 2. The summed E-state index contributed by atoms with van der Waals surface area (Å²) in [5.74, 6) is -0.601. The first-order valence-electron chi connectivity index (χ1n) is 12.7. The Morgan fingerprint density at radius 1 is 1.07 bits per heavy atom. The molecule has 0 saturated carbocycles. The van der Waals surface area contributed by atoms with Crippen LogP contribution in [0, 0.1) is 10.1 Å². The lowest BCUT2D eigenvalue weighted by atomic mass is 10.0. The summed E-state index contributed by atoms with van der Waals surface area (Å²) >= 11 is 12.5. The maximum Gasteiger partial charge on any atom is 0.311 e. The van der Waals surface area contributed by atoms with Crippen LogP contribution in [0.1, 0.15) is 31.4 Å². The zero-order valence-electron chi connectivity index (χ0n) is 22.4. The van der Waals surface area contributed by atoms with Gasteiger partial charge < -0.3 is 19.7 Å². The number of carbonyl (C=O) groups excluding carboxylic acids is 2. The van der Waals surface area contributed by atoms with Crippen molar-refractivity contribution in [1.82, 2.24) is 10.2 Å². The third kappa shape index (κ3) is 8.34. The molecule has 11 heteroatoms. The maximum atomic E-state index is 13.7. The second-order valence-electron chi connectivity index (χ2n) is 9.16. The van der Waals surface area contributed by atoms with E-state index in [9.17, 15) is 19.7 Å². The van der Waals surface area contributed by atoms with E-state index in [1.54, 1.807) is 18.2 Å². The second-order valence-corrected chi connectivity index (χ2v) is 10.0. The lowest BCUT2D eigenvalue weighted by Crippen LogP contribution is -2.53. The molecule has 0 aliphatic heterocycles. The number of nitrogens with zero attached hydrogens (tertiary/aromatic N) is 2. The number of rotatable bonds is 13. The monoisotopic (exact) mass is 587 g/mol. The number of nitro benzene ring substituents is 1. The lowest BCUT2D eigenvalue weighted by Gasteiger charge is -2.32. The van der Waals surface area contributed by atoms with E-state index in [1.807, 2.05) is 44.2 Å². The molecule has 0 fully saturated rings. The van der Waals surface area contributed by atoms with Gasteiger partial charge in [-0.2, -0.15) is 0 Å². The van der Waals surface area contributed by atoms with Crippen LogP contribution >= 0.6 is 23.2 Å². The van der Waals surface area contributed by atoms with Gasteiger partial charge in [-0.15, -0.1) is 0 Å². The van der Waals surface area contributed by atoms with E-state index in [-0.39, 0.29) is 42.1 Å². The summed E-state index contributed by atoms with van der Waals surface area (Å²) in [5.41, 5.74) is 1.24. The van der Waals surface area contributed by atoms with E-state index >= 15 is 0 Å². The molecule has 9 nitrogen and oxygen atoms in total. The molecule has 2 atom stereocenters. The average molecular weight is 588 g/mol. The number of methoxy groups -OCH3 is 1. The van der Waals surface area contributed by atoms with Gasteiger partial charge in [0.2, 0.25) is 11.7 Å². The van der Waals surface area contributed by atoms with E-state index in [0.717, 1.165) is 5.56 Å². The highest BCUT2D eigenvalue weighted by molar-refractivity contribution is 6.35. The second kappa shape index (κ2) is 14.5. The molecule has 0 unspecified atom stereocenters. The minimum Gasteiger partial charge on any atom is -0.490 e. The maximum absolute atomic E-state index is 13.7. The Balaban J connectivity index is 1.95. The molecule has 2 amide bonds. The Kier molecular flexibility index (Phi) is 11.2. The largest absolute Gasteiger partial charge is 0.490 e. The highest BCUT2D eigenvalue weighted by atomic mass is 35.5. The minimum absolute atomic E-state index is 0.00497. The van der Waals surface area contributed by atoms with Gasteiger partial charge in [-0.25, -0.2) is 0 Å². The first kappa shape index (κ1) is 30.7. The zero-order chi connectivity index (χ0) is 29.2. The molecule has 0 aliphatic carbocycles. The fourth-order valence-electron chi connectivity index (χ4n) is 3.96. The number of hydrogen-bond acceptors (Lipinski definition) is 6. The molecule has 0 radical (unpaired) electrons. The highest BCUT2D eigenvalue weighted by Crippen LogP contribution is 2.31. The zero-order valence-corrected chi connectivity index (χ0v) is 23.9. The van der Waals surface area contributed by atoms with Crippen molar-refractivity contribution in [3.63, 3.8) is 0 Å². The van der Waals surface area contributed by atoms with Crippen molar-refractivity contribution in [3.05, 3.63) is 98.0 Å². The highest BCUT2D eigenvalue weighted by Gasteiger charge is 2.32. The van der Waals surface area contributed by atoms with Crippen molar-refractivity contribution < 1.29 is 24.0 Å². The third-order valence-electron chi connectivity index (χ3n) is 6.34. The SMILES string of the molecule is CC[C@@H](C)NC(=O)[C@@H](Cc1ccccc1)N(Cc1ccc(Cl)cc1Cl)C(=O)COc1ccc([N+](=O)[O-])c(OC)c1. The third-order valence-corrected chi connectivity index (χ3v) is 6.93. The molecule has 0 spiro atoms. The molecule has 1 N–H and O–H groups in total. The molecule has 3 rings (SSSR count). The van der Waals surface area contributed by atoms with E-state index in [4.69, 9.17) is 32.7 Å². The molecule has 0 bridgehead atoms. The van der Waals surface area contributed by atoms with Crippen molar-refractivity contribution in [2.24, 2.45) is 0 Å². The number of nitro groups is 1. The Hall–Kier alpha value is -3.82. The molecule has 0 aromatic heterocycles. The number of hydrogen-bond donors (Lipinski definition) is 1. The van der Waals surface area contributed by atoms with Gasteiger partial charge in [-0.3, -0.25) is 19.7 Å². The molecule has 3 aromatic rings. The van der Waals surface area contributed by atoms with Gasteiger partial charge in [-0.05, 0) is 42.7 Å². The van der Waals surface area contributed by atoms with E-state index in [0.29, 0.717) is 22.0 Å². The number of amides is 2. The summed E-state index contributed by atoms with van der Waals surface area (Å²) in [4.78, 5) is 39.4. The smallest absolute Gasteiger partial charge is 0.311 e. The van der Waals surface area contributed by atoms with E-state index in [2.05, 4.69) is 5.32 Å². The summed E-state index contributed by atoms with van der Waals surface area (Å²) in [6.07, 6.45) is 0.969. The predicted octanol–water partition coefficient (Wildman–Crippen LogP) is 5.84. The van der Waals surface area contributed by atoms with Crippen molar-refractivity contribution in [2.75, 3.05) is 13.7 Å². The van der Waals surface area contributed by atoms with Gasteiger partial charge in [0.25, 0.3) is 5.91 Å². The van der Waals surface area contributed by atoms with Crippen molar-refractivity contribution in [1.29, 1.82) is 0 Å². The Morgan fingerprint density at radius 2 is 1.80 bits per heavy atom. The lowest BCUT2D eigenvalue weighted by molar-refractivity contribution is -0.385. The minimum atomic E-state index is -0.884. The Morgan fingerprint density at radius 3 is 2.42 bits per heavy atom. The molecular formula is C29H31Cl2N3O6. The van der Waals surface area contributed by atoms with Gasteiger partial charge in [0.05, 0.1) is 12.0 Å². The van der Waals surface area contributed by atoms with E-state index < -0.39 is 23.5 Å². The molecule has 0 saturated heterocycles. The van der Waals surface area contributed by atoms with Gasteiger partial charge in [-0.1, -0.05) is 66.5 Å². The Labute approximate surface area is 243 Å². The van der Waals surface area contributed by atoms with Crippen molar-refractivity contribution >= 4 is 40.7 Å². The average Bonchev–Trinajstić information content (AvgIpc) is 2.94. The van der Waals surface area contributed by atoms with Crippen LogP contribution in [0.2, 0.25) is 10.0 Å². The van der Waals surface area contributed by atoms with Crippen LogP contribution in [0.5, 0.6) is 11.5 Å². The van der Waals surface area contributed by atoms with Crippen LogP contribution in [0.3, 0.4) is 0 Å². The molecule has 0 heterocycles. The normalized spacial score (nSPS) is 12.2. The van der Waals surface area contributed by atoms with Crippen LogP contribution in [0.25, 0.3) is 0 Å². The molecular weight excluding hydrogens is 557 g/mol. The van der Waals surface area contributed by atoms with Crippen LogP contribution in [0.15, 0.2) is 66.7 Å². The molecule has 212 valence electrons. The molecule has 3 aromatic carbocycles. The summed E-state index contributed by atoms with van der Waals surface area (Å²) < 4.78 is 10.8. The Bertz CT molecular complexity index is 1340. The van der Waals surface area contributed by atoms with Gasteiger partial charge in [0.1, 0.15) is 11.8 Å².